The molecule has 2 rings (SSSR count). The number of hydrogen-bond acceptors (Lipinski definition) is 4. The Morgan fingerprint density at radius 1 is 1.15 bits per heavy atom. The molecule has 0 radical (unpaired) electrons. The predicted molar refractivity (Wildman–Crippen MR) is 105 cm³/mol. The Morgan fingerprint density at radius 3 is 2.37 bits per heavy atom. The number of carbonyl (C=O) groups excluding carboxylic acids is 1. The van der Waals surface area contributed by atoms with E-state index in [9.17, 15) is 17.6 Å². The Kier molecular flexibility index (Phi) is 6.32. The fraction of sp³-hybridized carbons (Fsp3) is 0.263. The quantitative estimate of drug-likeness (QED) is 0.607. The van der Waals surface area contributed by atoms with Gasteiger partial charge in [-0.05, 0) is 55.7 Å². The number of aryl methyl sites for hydroxylation is 1. The van der Waals surface area contributed by atoms with Gasteiger partial charge in [-0.2, -0.15) is 5.10 Å². The molecule has 6 nitrogen and oxygen atoms in total. The number of hydrogen-bond donors (Lipinski definition) is 1. The van der Waals surface area contributed by atoms with Crippen LogP contribution >= 0.6 is 0 Å². The number of amides is 1. The van der Waals surface area contributed by atoms with Crippen molar-refractivity contribution in [3.05, 3.63) is 65.0 Å². The summed E-state index contributed by atoms with van der Waals surface area (Å²) >= 11 is 0. The van der Waals surface area contributed by atoms with Gasteiger partial charge in [-0.15, -0.1) is 0 Å². The standard InChI is InChI=1S/C19H22FN3O3S/c1-13-6-5-7-18(14(13)2)23(27(4,25)26)12-19(24)22-21-15(3)16-8-10-17(20)11-9-16/h5-11H,12H2,1-4H3,(H,22,24). The molecule has 0 heterocycles. The molecule has 0 saturated carbocycles. The minimum Gasteiger partial charge on any atom is -0.271 e. The summed E-state index contributed by atoms with van der Waals surface area (Å²) in [5, 5.41) is 3.97. The van der Waals surface area contributed by atoms with Crippen molar-refractivity contribution in [3.63, 3.8) is 0 Å². The molecule has 0 atom stereocenters. The van der Waals surface area contributed by atoms with Crippen molar-refractivity contribution in [1.82, 2.24) is 5.43 Å². The van der Waals surface area contributed by atoms with E-state index in [1.165, 1.54) is 12.1 Å². The van der Waals surface area contributed by atoms with Crippen LogP contribution in [0.25, 0.3) is 0 Å². The van der Waals surface area contributed by atoms with E-state index in [1.807, 2.05) is 13.0 Å². The first-order chi connectivity index (χ1) is 12.6. The van der Waals surface area contributed by atoms with E-state index < -0.39 is 22.5 Å². The molecular formula is C19H22FN3O3S. The summed E-state index contributed by atoms with van der Waals surface area (Å²) < 4.78 is 38.4. The monoisotopic (exact) mass is 391 g/mol. The van der Waals surface area contributed by atoms with Gasteiger partial charge in [-0.1, -0.05) is 24.3 Å². The van der Waals surface area contributed by atoms with Gasteiger partial charge in [0.25, 0.3) is 5.91 Å². The van der Waals surface area contributed by atoms with E-state index in [2.05, 4.69) is 10.5 Å². The van der Waals surface area contributed by atoms with Crippen LogP contribution in [0.5, 0.6) is 0 Å². The highest BCUT2D eigenvalue weighted by molar-refractivity contribution is 7.92. The highest BCUT2D eigenvalue weighted by Crippen LogP contribution is 2.24. The Labute approximate surface area is 158 Å². The van der Waals surface area contributed by atoms with Crippen LogP contribution in [0.15, 0.2) is 47.6 Å². The summed E-state index contributed by atoms with van der Waals surface area (Å²) in [5.41, 5.74) is 5.62. The molecule has 0 aliphatic rings. The van der Waals surface area contributed by atoms with Gasteiger partial charge in [-0.25, -0.2) is 18.2 Å². The van der Waals surface area contributed by atoms with E-state index in [-0.39, 0.29) is 5.82 Å². The number of hydrazone groups is 1. The van der Waals surface area contributed by atoms with Gasteiger partial charge in [0.15, 0.2) is 0 Å². The maximum atomic E-state index is 13.0. The largest absolute Gasteiger partial charge is 0.271 e. The lowest BCUT2D eigenvalue weighted by atomic mass is 10.1. The van der Waals surface area contributed by atoms with E-state index in [4.69, 9.17) is 0 Å². The van der Waals surface area contributed by atoms with Crippen LogP contribution in [0.3, 0.4) is 0 Å². The van der Waals surface area contributed by atoms with Gasteiger partial charge < -0.3 is 0 Å². The Balaban J connectivity index is 2.18. The van der Waals surface area contributed by atoms with Crippen molar-refractivity contribution in [2.45, 2.75) is 20.8 Å². The number of sulfonamides is 1. The third-order valence-corrected chi connectivity index (χ3v) is 5.27. The average molecular weight is 391 g/mol. The summed E-state index contributed by atoms with van der Waals surface area (Å²) in [6.45, 7) is 4.93. The number of rotatable bonds is 6. The van der Waals surface area contributed by atoms with Crippen molar-refractivity contribution in [2.24, 2.45) is 5.10 Å². The first-order valence-corrected chi connectivity index (χ1v) is 10.1. The number of anilines is 1. The summed E-state index contributed by atoms with van der Waals surface area (Å²) in [4.78, 5) is 12.3. The number of nitrogens with one attached hydrogen (secondary N) is 1. The van der Waals surface area contributed by atoms with E-state index in [1.54, 1.807) is 38.1 Å². The molecule has 0 aliphatic heterocycles. The highest BCUT2D eigenvalue weighted by atomic mass is 32.2. The molecule has 0 aromatic heterocycles. The smallest absolute Gasteiger partial charge is 0.260 e. The van der Waals surface area contributed by atoms with E-state index in [0.29, 0.717) is 17.0 Å². The zero-order chi connectivity index (χ0) is 20.2. The Morgan fingerprint density at radius 2 is 1.78 bits per heavy atom. The van der Waals surface area contributed by atoms with Crippen molar-refractivity contribution >= 4 is 27.3 Å². The molecule has 0 spiro atoms. The predicted octanol–water partition coefficient (Wildman–Crippen LogP) is 2.75. The van der Waals surface area contributed by atoms with Crippen molar-refractivity contribution < 1.29 is 17.6 Å². The molecular weight excluding hydrogens is 369 g/mol. The molecule has 0 unspecified atom stereocenters. The van der Waals surface area contributed by atoms with Crippen LogP contribution in [0.4, 0.5) is 10.1 Å². The molecule has 144 valence electrons. The van der Waals surface area contributed by atoms with Crippen LogP contribution in [0.1, 0.15) is 23.6 Å². The summed E-state index contributed by atoms with van der Waals surface area (Å²) in [6, 6.07) is 10.9. The van der Waals surface area contributed by atoms with Gasteiger partial charge in [0.1, 0.15) is 12.4 Å². The lowest BCUT2D eigenvalue weighted by Gasteiger charge is -2.24. The van der Waals surface area contributed by atoms with Gasteiger partial charge in [0, 0.05) is 0 Å². The van der Waals surface area contributed by atoms with Gasteiger partial charge >= 0.3 is 0 Å². The second kappa shape index (κ2) is 8.30. The fourth-order valence-corrected chi connectivity index (χ4v) is 3.36. The van der Waals surface area contributed by atoms with Crippen LogP contribution in [-0.2, 0) is 14.8 Å². The highest BCUT2D eigenvalue weighted by Gasteiger charge is 2.22. The maximum Gasteiger partial charge on any atom is 0.260 e. The van der Waals surface area contributed by atoms with Gasteiger partial charge in [-0.3, -0.25) is 9.10 Å². The minimum atomic E-state index is -3.67. The lowest BCUT2D eigenvalue weighted by molar-refractivity contribution is -0.119. The number of nitrogens with zero attached hydrogens (tertiary/aromatic N) is 2. The van der Waals surface area contributed by atoms with Crippen LogP contribution < -0.4 is 9.73 Å². The number of benzene rings is 2. The molecule has 1 amide bonds. The normalized spacial score (nSPS) is 12.0. The first-order valence-electron chi connectivity index (χ1n) is 8.22. The van der Waals surface area contributed by atoms with Crippen LogP contribution in [-0.4, -0.2) is 32.8 Å². The van der Waals surface area contributed by atoms with Crippen molar-refractivity contribution in [3.8, 4) is 0 Å². The summed E-state index contributed by atoms with van der Waals surface area (Å²) in [7, 11) is -3.67. The minimum absolute atomic E-state index is 0.368. The average Bonchev–Trinajstić information content (AvgIpc) is 2.60. The topological polar surface area (TPSA) is 78.8 Å². The molecule has 2 aromatic carbocycles. The number of halogens is 1. The Hall–Kier alpha value is -2.74. The lowest BCUT2D eigenvalue weighted by Crippen LogP contribution is -2.39. The van der Waals surface area contributed by atoms with Crippen molar-refractivity contribution in [2.75, 3.05) is 17.1 Å². The maximum absolute atomic E-state index is 13.0. The molecule has 27 heavy (non-hydrogen) atoms. The molecule has 8 heteroatoms. The molecule has 0 fully saturated rings. The fourth-order valence-electron chi connectivity index (χ4n) is 2.45. The molecule has 2 aromatic rings. The summed E-state index contributed by atoms with van der Waals surface area (Å²) in [6.07, 6.45) is 1.05. The van der Waals surface area contributed by atoms with E-state index in [0.717, 1.165) is 21.7 Å². The second-order valence-corrected chi connectivity index (χ2v) is 8.13. The molecule has 1 N–H and O–H groups in total. The third-order valence-electron chi connectivity index (χ3n) is 4.14. The van der Waals surface area contributed by atoms with Crippen LogP contribution in [0.2, 0.25) is 0 Å². The zero-order valence-corrected chi connectivity index (χ0v) is 16.5. The summed E-state index contributed by atoms with van der Waals surface area (Å²) in [5.74, 6) is -0.948. The van der Waals surface area contributed by atoms with Gasteiger partial charge in [0.2, 0.25) is 10.0 Å². The second-order valence-electron chi connectivity index (χ2n) is 6.23. The van der Waals surface area contributed by atoms with Crippen LogP contribution in [0, 0.1) is 19.7 Å². The Bertz CT molecular complexity index is 970. The molecule has 0 saturated heterocycles. The van der Waals surface area contributed by atoms with Crippen molar-refractivity contribution in [1.29, 1.82) is 0 Å². The van der Waals surface area contributed by atoms with Gasteiger partial charge in [0.05, 0.1) is 17.7 Å². The molecule has 0 aliphatic carbocycles. The number of carbonyl (C=O) groups is 1. The molecule has 0 bridgehead atoms. The first kappa shape index (κ1) is 20.6. The SMILES string of the molecule is CC(=NNC(=O)CN(c1cccc(C)c1C)S(C)(=O)=O)c1ccc(F)cc1. The third kappa shape index (κ3) is 5.37. The van der Waals surface area contributed by atoms with E-state index >= 15 is 0 Å². The zero-order valence-electron chi connectivity index (χ0n) is 15.7.